The predicted molar refractivity (Wildman–Crippen MR) is 80.7 cm³/mol. The van der Waals surface area contributed by atoms with Crippen molar-refractivity contribution in [1.82, 2.24) is 0 Å². The molecule has 0 aromatic heterocycles. The number of benzene rings is 2. The molecule has 0 fully saturated rings. The summed E-state index contributed by atoms with van der Waals surface area (Å²) in [6.07, 6.45) is 0.596. The van der Waals surface area contributed by atoms with Gasteiger partial charge in [-0.1, -0.05) is 0 Å². The number of rotatable bonds is 3. The van der Waals surface area contributed by atoms with E-state index in [0.29, 0.717) is 30.0 Å². The monoisotopic (exact) mass is 313 g/mol. The molecule has 1 heterocycles. The van der Waals surface area contributed by atoms with Crippen LogP contribution in [0.4, 0.5) is 15.8 Å². The van der Waals surface area contributed by atoms with E-state index in [1.165, 1.54) is 30.3 Å². The lowest BCUT2D eigenvalue weighted by molar-refractivity contribution is -0.384. The van der Waals surface area contributed by atoms with E-state index in [1.54, 1.807) is 6.07 Å². The Bertz CT molecular complexity index is 817. The Kier molecular flexibility index (Phi) is 3.81. The van der Waals surface area contributed by atoms with Crippen molar-refractivity contribution >= 4 is 11.4 Å². The van der Waals surface area contributed by atoms with Crippen LogP contribution in [0.1, 0.15) is 23.6 Å². The van der Waals surface area contributed by atoms with Crippen LogP contribution in [0, 0.1) is 27.3 Å². The Morgan fingerprint density at radius 2 is 2.17 bits per heavy atom. The number of nitriles is 1. The summed E-state index contributed by atoms with van der Waals surface area (Å²) in [5.74, 6) is 0.223. The third kappa shape index (κ3) is 2.92. The SMILES string of the molecule is N#Cc1cc([N+](=O)[O-])ccc1NC1CCOc2ccc(F)cc21. The molecule has 0 saturated carbocycles. The van der Waals surface area contributed by atoms with Gasteiger partial charge in [0.25, 0.3) is 5.69 Å². The van der Waals surface area contributed by atoms with Crippen molar-refractivity contribution in [2.45, 2.75) is 12.5 Å². The molecule has 0 bridgehead atoms. The summed E-state index contributed by atoms with van der Waals surface area (Å²) in [5.41, 5.74) is 1.16. The molecule has 6 nitrogen and oxygen atoms in total. The molecule has 0 amide bonds. The summed E-state index contributed by atoms with van der Waals surface area (Å²) in [7, 11) is 0. The van der Waals surface area contributed by atoms with E-state index in [1.807, 2.05) is 6.07 Å². The number of nitrogens with one attached hydrogen (secondary N) is 1. The van der Waals surface area contributed by atoms with Crippen LogP contribution in [0.3, 0.4) is 0 Å². The summed E-state index contributed by atoms with van der Waals surface area (Å²) < 4.78 is 19.0. The molecule has 1 aliphatic heterocycles. The number of ether oxygens (including phenoxy) is 1. The number of non-ortho nitro benzene ring substituents is 1. The molecule has 116 valence electrons. The molecule has 1 atom stereocenters. The number of nitrogens with zero attached hydrogens (tertiary/aromatic N) is 2. The summed E-state index contributed by atoms with van der Waals surface area (Å²) in [6.45, 7) is 0.463. The molecule has 3 rings (SSSR count). The van der Waals surface area contributed by atoms with Crippen molar-refractivity contribution in [3.8, 4) is 11.8 Å². The van der Waals surface area contributed by atoms with E-state index in [9.17, 15) is 19.8 Å². The van der Waals surface area contributed by atoms with Crippen LogP contribution in [0.25, 0.3) is 0 Å². The van der Waals surface area contributed by atoms with Crippen molar-refractivity contribution in [2.24, 2.45) is 0 Å². The third-order valence-corrected chi connectivity index (χ3v) is 3.68. The Hall–Kier alpha value is -3.14. The fraction of sp³-hybridized carbons (Fsp3) is 0.188. The summed E-state index contributed by atoms with van der Waals surface area (Å²) in [5, 5.41) is 23.1. The maximum Gasteiger partial charge on any atom is 0.270 e. The van der Waals surface area contributed by atoms with E-state index in [-0.39, 0.29) is 23.1 Å². The number of nitro benzene ring substituents is 1. The van der Waals surface area contributed by atoms with Gasteiger partial charge in [0.05, 0.1) is 28.8 Å². The highest BCUT2D eigenvalue weighted by molar-refractivity contribution is 5.62. The average Bonchev–Trinajstić information content (AvgIpc) is 2.55. The topological polar surface area (TPSA) is 88.2 Å². The Morgan fingerprint density at radius 1 is 1.35 bits per heavy atom. The van der Waals surface area contributed by atoms with Gasteiger partial charge in [0.2, 0.25) is 0 Å². The highest BCUT2D eigenvalue weighted by Crippen LogP contribution is 2.35. The quantitative estimate of drug-likeness (QED) is 0.691. The molecule has 23 heavy (non-hydrogen) atoms. The van der Waals surface area contributed by atoms with E-state index in [2.05, 4.69) is 5.32 Å². The first-order valence-electron chi connectivity index (χ1n) is 6.96. The molecule has 2 aromatic rings. The lowest BCUT2D eigenvalue weighted by Gasteiger charge is -2.27. The molecular weight excluding hydrogens is 301 g/mol. The summed E-state index contributed by atoms with van der Waals surface area (Å²) >= 11 is 0. The number of halogens is 1. The van der Waals surface area contributed by atoms with Gasteiger partial charge in [-0.3, -0.25) is 10.1 Å². The van der Waals surface area contributed by atoms with Crippen LogP contribution >= 0.6 is 0 Å². The Balaban J connectivity index is 1.93. The van der Waals surface area contributed by atoms with Crippen LogP contribution in [-0.4, -0.2) is 11.5 Å². The van der Waals surface area contributed by atoms with E-state index < -0.39 is 4.92 Å². The minimum atomic E-state index is -0.552. The van der Waals surface area contributed by atoms with Crippen molar-refractivity contribution in [1.29, 1.82) is 5.26 Å². The van der Waals surface area contributed by atoms with Crippen LogP contribution in [0.2, 0.25) is 0 Å². The molecule has 1 unspecified atom stereocenters. The zero-order chi connectivity index (χ0) is 16.4. The second-order valence-electron chi connectivity index (χ2n) is 5.12. The van der Waals surface area contributed by atoms with E-state index in [0.717, 1.165) is 0 Å². The Labute approximate surface area is 131 Å². The number of anilines is 1. The average molecular weight is 313 g/mol. The molecule has 1 aliphatic rings. The zero-order valence-electron chi connectivity index (χ0n) is 12.0. The normalized spacial score (nSPS) is 15.9. The maximum atomic E-state index is 13.5. The van der Waals surface area contributed by atoms with Crippen LogP contribution in [0.5, 0.6) is 5.75 Å². The summed E-state index contributed by atoms with van der Waals surface area (Å²) in [6, 6.07) is 10.0. The first kappa shape index (κ1) is 14.8. The van der Waals surface area contributed by atoms with Gasteiger partial charge >= 0.3 is 0 Å². The molecule has 2 aromatic carbocycles. The van der Waals surface area contributed by atoms with E-state index in [4.69, 9.17) is 4.74 Å². The maximum absolute atomic E-state index is 13.5. The molecular formula is C16H12FN3O3. The second-order valence-corrected chi connectivity index (χ2v) is 5.12. The number of hydrogen-bond acceptors (Lipinski definition) is 5. The van der Waals surface area contributed by atoms with Gasteiger partial charge in [0.1, 0.15) is 17.6 Å². The van der Waals surface area contributed by atoms with Gasteiger partial charge in [-0.25, -0.2) is 4.39 Å². The van der Waals surface area contributed by atoms with Gasteiger partial charge in [-0.15, -0.1) is 0 Å². The predicted octanol–water partition coefficient (Wildman–Crippen LogP) is 3.54. The van der Waals surface area contributed by atoms with Gasteiger partial charge < -0.3 is 10.1 Å². The van der Waals surface area contributed by atoms with Crippen LogP contribution in [0.15, 0.2) is 36.4 Å². The zero-order valence-corrected chi connectivity index (χ0v) is 12.0. The number of fused-ring (bicyclic) bond motifs is 1. The number of hydrogen-bond donors (Lipinski definition) is 1. The molecule has 0 radical (unpaired) electrons. The van der Waals surface area contributed by atoms with Gasteiger partial charge in [0, 0.05) is 24.1 Å². The lowest BCUT2D eigenvalue weighted by Crippen LogP contribution is -2.21. The van der Waals surface area contributed by atoms with Crippen molar-refractivity contribution < 1.29 is 14.1 Å². The van der Waals surface area contributed by atoms with Crippen LogP contribution in [-0.2, 0) is 0 Å². The largest absolute Gasteiger partial charge is 0.493 e. The fourth-order valence-corrected chi connectivity index (χ4v) is 2.57. The molecule has 0 saturated heterocycles. The first-order valence-corrected chi connectivity index (χ1v) is 6.96. The van der Waals surface area contributed by atoms with Gasteiger partial charge in [0.15, 0.2) is 0 Å². The van der Waals surface area contributed by atoms with Crippen molar-refractivity contribution in [3.05, 3.63) is 63.5 Å². The second kappa shape index (κ2) is 5.93. The van der Waals surface area contributed by atoms with Crippen LogP contribution < -0.4 is 10.1 Å². The highest BCUT2D eigenvalue weighted by atomic mass is 19.1. The molecule has 1 N–H and O–H groups in total. The first-order chi connectivity index (χ1) is 11.1. The highest BCUT2D eigenvalue weighted by Gasteiger charge is 2.23. The molecule has 0 aliphatic carbocycles. The third-order valence-electron chi connectivity index (χ3n) is 3.68. The smallest absolute Gasteiger partial charge is 0.270 e. The fourth-order valence-electron chi connectivity index (χ4n) is 2.57. The van der Waals surface area contributed by atoms with Gasteiger partial charge in [-0.05, 0) is 24.3 Å². The van der Waals surface area contributed by atoms with Gasteiger partial charge in [-0.2, -0.15) is 5.26 Å². The van der Waals surface area contributed by atoms with Crippen molar-refractivity contribution in [2.75, 3.05) is 11.9 Å². The standard InChI is InChI=1S/C16H12FN3O3/c17-11-1-4-16-13(8-11)15(5-6-23-16)19-14-3-2-12(20(21)22)7-10(14)9-18/h1-4,7-8,15,19H,5-6H2. The number of nitro groups is 1. The van der Waals surface area contributed by atoms with E-state index >= 15 is 0 Å². The van der Waals surface area contributed by atoms with Crippen molar-refractivity contribution in [3.63, 3.8) is 0 Å². The minimum absolute atomic E-state index is 0.148. The lowest BCUT2D eigenvalue weighted by atomic mass is 9.99. The molecule has 7 heteroatoms. The Morgan fingerprint density at radius 3 is 2.91 bits per heavy atom. The minimum Gasteiger partial charge on any atom is -0.493 e. The molecule has 0 spiro atoms. The summed E-state index contributed by atoms with van der Waals surface area (Å²) in [4.78, 5) is 10.2.